The van der Waals surface area contributed by atoms with E-state index in [1.54, 1.807) is 0 Å². The first kappa shape index (κ1) is 20.9. The predicted octanol–water partition coefficient (Wildman–Crippen LogP) is 3.51. The molecule has 154 valence electrons. The van der Waals surface area contributed by atoms with E-state index in [4.69, 9.17) is 0 Å². The molecule has 2 aromatic rings. The van der Waals surface area contributed by atoms with E-state index in [-0.39, 0.29) is 16.1 Å². The van der Waals surface area contributed by atoms with Gasteiger partial charge in [-0.25, -0.2) is 8.42 Å². The molecule has 0 saturated carbocycles. The molecule has 0 unspecified atom stereocenters. The highest BCUT2D eigenvalue weighted by molar-refractivity contribution is 7.89. The zero-order chi connectivity index (χ0) is 21.2. The lowest BCUT2D eigenvalue weighted by atomic mass is 9.94. The highest BCUT2D eigenvalue weighted by atomic mass is 32.2. The van der Waals surface area contributed by atoms with Crippen LogP contribution in [0.5, 0.6) is 0 Å². The van der Waals surface area contributed by atoms with Gasteiger partial charge in [0.2, 0.25) is 10.0 Å². The van der Waals surface area contributed by atoms with Crippen LogP contribution in [0.4, 0.5) is 11.4 Å². The number of rotatable bonds is 5. The van der Waals surface area contributed by atoms with Crippen LogP contribution in [0.15, 0.2) is 53.4 Å². The summed E-state index contributed by atoms with van der Waals surface area (Å²) in [6, 6.07) is 11.3. The van der Waals surface area contributed by atoms with Crippen LogP contribution >= 0.6 is 0 Å². The van der Waals surface area contributed by atoms with Gasteiger partial charge in [-0.15, -0.1) is 0 Å². The number of nitro groups is 1. The fraction of sp³-hybridized carbons (Fsp3) is 0.350. The van der Waals surface area contributed by atoms with Crippen LogP contribution in [0.25, 0.3) is 0 Å². The van der Waals surface area contributed by atoms with Crippen LogP contribution in [-0.4, -0.2) is 36.6 Å². The van der Waals surface area contributed by atoms with Crippen LogP contribution in [0.3, 0.4) is 0 Å². The number of sulfonamides is 1. The first-order valence-corrected chi connectivity index (χ1v) is 10.8. The highest BCUT2D eigenvalue weighted by Crippen LogP contribution is 2.27. The molecule has 1 amide bonds. The summed E-state index contributed by atoms with van der Waals surface area (Å²) in [4.78, 5) is 22.8. The van der Waals surface area contributed by atoms with Gasteiger partial charge in [-0.2, -0.15) is 4.31 Å². The molecule has 0 spiro atoms. The van der Waals surface area contributed by atoms with Crippen molar-refractivity contribution in [1.29, 1.82) is 0 Å². The molecule has 2 atom stereocenters. The summed E-state index contributed by atoms with van der Waals surface area (Å²) >= 11 is 0. The van der Waals surface area contributed by atoms with Crippen molar-refractivity contribution in [3.05, 3.63) is 64.2 Å². The third kappa shape index (κ3) is 4.80. The molecule has 1 aliphatic heterocycles. The van der Waals surface area contributed by atoms with Gasteiger partial charge >= 0.3 is 0 Å². The fourth-order valence-corrected chi connectivity index (χ4v) is 5.30. The number of hydrogen-bond donors (Lipinski definition) is 1. The maximum absolute atomic E-state index is 12.9. The Hall–Kier alpha value is -2.78. The van der Waals surface area contributed by atoms with Gasteiger partial charge in [0.1, 0.15) is 0 Å². The molecule has 1 heterocycles. The fourth-order valence-electron chi connectivity index (χ4n) is 3.63. The number of nitrogens with zero attached hydrogens (tertiary/aromatic N) is 2. The lowest BCUT2D eigenvalue weighted by Gasteiger charge is -2.34. The van der Waals surface area contributed by atoms with E-state index in [0.717, 1.165) is 6.42 Å². The summed E-state index contributed by atoms with van der Waals surface area (Å²) in [6.07, 6.45) is 1.01. The number of carbonyl (C=O) groups excluding carboxylic acids is 1. The van der Waals surface area contributed by atoms with Crippen molar-refractivity contribution in [3.63, 3.8) is 0 Å². The summed E-state index contributed by atoms with van der Waals surface area (Å²) in [7, 11) is -3.59. The summed E-state index contributed by atoms with van der Waals surface area (Å²) in [5, 5.41) is 13.5. The van der Waals surface area contributed by atoms with E-state index >= 15 is 0 Å². The van der Waals surface area contributed by atoms with Crippen LogP contribution in [-0.2, 0) is 10.0 Å². The minimum atomic E-state index is -3.59. The number of benzene rings is 2. The predicted molar refractivity (Wildman–Crippen MR) is 109 cm³/mol. The molecule has 3 rings (SSSR count). The van der Waals surface area contributed by atoms with Gasteiger partial charge in [0.05, 0.1) is 9.82 Å². The first-order valence-electron chi connectivity index (χ1n) is 9.33. The largest absolute Gasteiger partial charge is 0.322 e. The van der Waals surface area contributed by atoms with Gasteiger partial charge in [0.15, 0.2) is 0 Å². The Balaban J connectivity index is 1.74. The third-order valence-electron chi connectivity index (χ3n) is 4.90. The summed E-state index contributed by atoms with van der Waals surface area (Å²) in [5.41, 5.74) is 0.372. The van der Waals surface area contributed by atoms with Crippen molar-refractivity contribution in [2.45, 2.75) is 25.2 Å². The third-order valence-corrected chi connectivity index (χ3v) is 6.75. The molecular formula is C20H23N3O5S. The number of nitro benzene ring substituents is 1. The Labute approximate surface area is 169 Å². The number of amides is 1. The zero-order valence-corrected chi connectivity index (χ0v) is 17.1. The molecule has 1 aliphatic rings. The van der Waals surface area contributed by atoms with Crippen LogP contribution in [0, 0.1) is 22.0 Å². The quantitative estimate of drug-likeness (QED) is 0.591. The molecule has 1 N–H and O–H groups in total. The monoisotopic (exact) mass is 417 g/mol. The van der Waals surface area contributed by atoms with Gasteiger partial charge in [-0.1, -0.05) is 19.9 Å². The van der Waals surface area contributed by atoms with Crippen molar-refractivity contribution in [2.75, 3.05) is 18.4 Å². The van der Waals surface area contributed by atoms with Gasteiger partial charge in [0.25, 0.3) is 11.6 Å². The van der Waals surface area contributed by atoms with E-state index in [9.17, 15) is 23.3 Å². The standard InChI is InChI=1S/C20H23N3O5S/c1-14-10-15(2)13-22(12-14)29(27,28)19-8-6-17(7-9-19)21-20(24)16-4-3-5-18(11-16)23(25)26/h3-9,11,14-15H,10,12-13H2,1-2H3,(H,21,24)/t14-,15+. The topological polar surface area (TPSA) is 110 Å². The van der Waals surface area contributed by atoms with Crippen molar-refractivity contribution in [1.82, 2.24) is 4.31 Å². The SMILES string of the molecule is C[C@@H]1C[C@H](C)CN(S(=O)(=O)c2ccc(NC(=O)c3cccc([N+](=O)[O-])c3)cc2)C1. The molecule has 2 aromatic carbocycles. The highest BCUT2D eigenvalue weighted by Gasteiger charge is 2.31. The summed E-state index contributed by atoms with van der Waals surface area (Å²) in [6.45, 7) is 5.09. The number of nitrogens with one attached hydrogen (secondary N) is 1. The normalized spacial score (nSPS) is 20.2. The number of carbonyl (C=O) groups is 1. The number of piperidine rings is 1. The smallest absolute Gasteiger partial charge is 0.270 e. The Bertz CT molecular complexity index is 1010. The lowest BCUT2D eigenvalue weighted by molar-refractivity contribution is -0.384. The Kier molecular flexibility index (Phi) is 5.99. The number of hydrogen-bond acceptors (Lipinski definition) is 5. The average molecular weight is 417 g/mol. The zero-order valence-electron chi connectivity index (χ0n) is 16.2. The summed E-state index contributed by atoms with van der Waals surface area (Å²) < 4.78 is 27.3. The molecule has 0 aromatic heterocycles. The second-order valence-corrected chi connectivity index (χ2v) is 9.49. The molecule has 29 heavy (non-hydrogen) atoms. The van der Waals surface area contributed by atoms with E-state index in [1.165, 1.54) is 52.8 Å². The average Bonchev–Trinajstić information content (AvgIpc) is 2.67. The summed E-state index contributed by atoms with van der Waals surface area (Å²) in [5.74, 6) is 0.104. The van der Waals surface area contributed by atoms with Crippen molar-refractivity contribution in [3.8, 4) is 0 Å². The maximum Gasteiger partial charge on any atom is 0.270 e. The van der Waals surface area contributed by atoms with Crippen molar-refractivity contribution < 1.29 is 18.1 Å². The molecule has 0 radical (unpaired) electrons. The minimum absolute atomic E-state index is 0.146. The Morgan fingerprint density at radius 1 is 1.10 bits per heavy atom. The molecule has 1 fully saturated rings. The van der Waals surface area contributed by atoms with Gasteiger partial charge in [-0.05, 0) is 48.6 Å². The van der Waals surface area contributed by atoms with E-state index in [0.29, 0.717) is 30.6 Å². The Morgan fingerprint density at radius 3 is 2.31 bits per heavy atom. The molecule has 9 heteroatoms. The maximum atomic E-state index is 12.9. The Morgan fingerprint density at radius 2 is 1.72 bits per heavy atom. The first-order chi connectivity index (χ1) is 13.7. The molecule has 0 aliphatic carbocycles. The lowest BCUT2D eigenvalue weighted by Crippen LogP contribution is -2.42. The van der Waals surface area contributed by atoms with Gasteiger partial charge in [-0.3, -0.25) is 14.9 Å². The number of non-ortho nitro benzene ring substituents is 1. The van der Waals surface area contributed by atoms with Gasteiger partial charge < -0.3 is 5.32 Å². The molecule has 1 saturated heterocycles. The van der Waals surface area contributed by atoms with Crippen LogP contribution < -0.4 is 5.32 Å². The second-order valence-electron chi connectivity index (χ2n) is 7.55. The van der Waals surface area contributed by atoms with Crippen LogP contribution in [0.2, 0.25) is 0 Å². The van der Waals surface area contributed by atoms with Gasteiger partial charge in [0, 0.05) is 36.5 Å². The number of anilines is 1. The van der Waals surface area contributed by atoms with Crippen molar-refractivity contribution in [2.24, 2.45) is 11.8 Å². The van der Waals surface area contributed by atoms with E-state index in [2.05, 4.69) is 5.32 Å². The van der Waals surface area contributed by atoms with Crippen molar-refractivity contribution >= 4 is 27.3 Å². The van der Waals surface area contributed by atoms with Crippen LogP contribution in [0.1, 0.15) is 30.6 Å². The van der Waals surface area contributed by atoms with E-state index < -0.39 is 20.9 Å². The second kappa shape index (κ2) is 8.30. The van der Waals surface area contributed by atoms with E-state index in [1.807, 2.05) is 13.8 Å². The molecule has 8 nitrogen and oxygen atoms in total. The minimum Gasteiger partial charge on any atom is -0.322 e. The molecular weight excluding hydrogens is 394 g/mol. The molecule has 0 bridgehead atoms.